The highest BCUT2D eigenvalue weighted by Crippen LogP contribution is 2.32. The van der Waals surface area contributed by atoms with Crippen molar-refractivity contribution in [3.8, 4) is 5.75 Å². The molecule has 0 aromatic heterocycles. The summed E-state index contributed by atoms with van der Waals surface area (Å²) < 4.78 is 5.29. The van der Waals surface area contributed by atoms with Crippen molar-refractivity contribution in [3.05, 3.63) is 47.0 Å². The van der Waals surface area contributed by atoms with E-state index in [1.165, 1.54) is 0 Å². The van der Waals surface area contributed by atoms with Gasteiger partial charge in [-0.15, -0.1) is 0 Å². The highest BCUT2D eigenvalue weighted by molar-refractivity contribution is 6.31. The van der Waals surface area contributed by atoms with Gasteiger partial charge in [-0.2, -0.15) is 0 Å². The Morgan fingerprint density at radius 1 is 1.17 bits per heavy atom. The molecule has 0 saturated heterocycles. The van der Waals surface area contributed by atoms with Crippen molar-refractivity contribution >= 4 is 28.7 Å². The fourth-order valence-electron chi connectivity index (χ4n) is 1.71. The van der Waals surface area contributed by atoms with Gasteiger partial charge in [-0.3, -0.25) is 0 Å². The number of rotatable bonds is 3. The minimum atomic E-state index is 0.653. The number of ether oxygens (including phenoxy) is 1. The van der Waals surface area contributed by atoms with E-state index < -0.39 is 0 Å². The number of nitrogen functional groups attached to an aromatic ring is 1. The molecule has 2 aromatic carbocycles. The summed E-state index contributed by atoms with van der Waals surface area (Å²) >= 11 is 5.99. The van der Waals surface area contributed by atoms with Crippen LogP contribution in [0.25, 0.3) is 0 Å². The number of hydrogen-bond donors (Lipinski definition) is 2. The van der Waals surface area contributed by atoms with E-state index >= 15 is 0 Å². The van der Waals surface area contributed by atoms with Crippen molar-refractivity contribution in [2.45, 2.75) is 6.92 Å². The topological polar surface area (TPSA) is 47.3 Å². The second kappa shape index (κ2) is 5.19. The van der Waals surface area contributed by atoms with Crippen molar-refractivity contribution in [3.63, 3.8) is 0 Å². The Morgan fingerprint density at radius 2 is 1.94 bits per heavy atom. The fraction of sp³-hybridized carbons (Fsp3) is 0.143. The standard InChI is InChI=1S/C14H15ClN2O/c1-9-11(16)4-3-5-12(9)17-13-8-10(15)6-7-14(13)18-2/h3-8,17H,16H2,1-2H3. The second-order valence-electron chi connectivity index (χ2n) is 3.99. The normalized spacial score (nSPS) is 10.2. The largest absolute Gasteiger partial charge is 0.495 e. The van der Waals surface area contributed by atoms with E-state index in [1.807, 2.05) is 37.3 Å². The lowest BCUT2D eigenvalue weighted by molar-refractivity contribution is 0.417. The number of methoxy groups -OCH3 is 1. The van der Waals surface area contributed by atoms with Gasteiger partial charge >= 0.3 is 0 Å². The maximum absolute atomic E-state index is 5.99. The van der Waals surface area contributed by atoms with Crippen LogP contribution in [0.1, 0.15) is 5.56 Å². The molecule has 94 valence electrons. The van der Waals surface area contributed by atoms with Gasteiger partial charge in [-0.1, -0.05) is 17.7 Å². The minimum absolute atomic E-state index is 0.653. The number of nitrogens with one attached hydrogen (secondary N) is 1. The van der Waals surface area contributed by atoms with Gasteiger partial charge in [0, 0.05) is 16.4 Å². The van der Waals surface area contributed by atoms with Gasteiger partial charge in [0.2, 0.25) is 0 Å². The lowest BCUT2D eigenvalue weighted by atomic mass is 10.1. The average Bonchev–Trinajstić information content (AvgIpc) is 2.35. The van der Waals surface area contributed by atoms with Crippen LogP contribution in [-0.4, -0.2) is 7.11 Å². The van der Waals surface area contributed by atoms with Gasteiger partial charge < -0.3 is 15.8 Å². The van der Waals surface area contributed by atoms with Crippen LogP contribution in [0.15, 0.2) is 36.4 Å². The van der Waals surface area contributed by atoms with Crippen molar-refractivity contribution in [2.24, 2.45) is 0 Å². The van der Waals surface area contributed by atoms with Gasteiger partial charge in [0.15, 0.2) is 0 Å². The molecule has 0 unspecified atom stereocenters. The van der Waals surface area contributed by atoms with Crippen LogP contribution in [0.3, 0.4) is 0 Å². The van der Waals surface area contributed by atoms with E-state index in [4.69, 9.17) is 22.1 Å². The van der Waals surface area contributed by atoms with E-state index in [-0.39, 0.29) is 0 Å². The molecule has 2 rings (SSSR count). The molecule has 0 heterocycles. The summed E-state index contributed by atoms with van der Waals surface area (Å²) in [5, 5.41) is 3.94. The molecule has 0 aliphatic carbocycles. The number of halogens is 1. The van der Waals surface area contributed by atoms with Crippen LogP contribution in [0, 0.1) is 6.92 Å². The molecule has 0 amide bonds. The second-order valence-corrected chi connectivity index (χ2v) is 4.43. The molecule has 0 bridgehead atoms. The summed E-state index contributed by atoms with van der Waals surface area (Å²) in [5.74, 6) is 0.737. The Balaban J connectivity index is 2.39. The molecule has 0 radical (unpaired) electrons. The van der Waals surface area contributed by atoms with Gasteiger partial charge in [0.25, 0.3) is 0 Å². The summed E-state index contributed by atoms with van der Waals surface area (Å²) in [6, 6.07) is 11.2. The van der Waals surface area contributed by atoms with Crippen LogP contribution in [0.2, 0.25) is 5.02 Å². The van der Waals surface area contributed by atoms with E-state index in [1.54, 1.807) is 13.2 Å². The molecule has 0 saturated carbocycles. The van der Waals surface area contributed by atoms with Crippen LogP contribution < -0.4 is 15.8 Å². The first-order valence-electron chi connectivity index (χ1n) is 5.57. The van der Waals surface area contributed by atoms with Gasteiger partial charge in [0.05, 0.1) is 12.8 Å². The Labute approximate surface area is 112 Å². The summed E-state index contributed by atoms with van der Waals surface area (Å²) in [6.45, 7) is 1.97. The van der Waals surface area contributed by atoms with Crippen LogP contribution in [0.5, 0.6) is 5.75 Å². The summed E-state index contributed by atoms with van der Waals surface area (Å²) in [4.78, 5) is 0. The molecular weight excluding hydrogens is 248 g/mol. The fourth-order valence-corrected chi connectivity index (χ4v) is 1.88. The molecule has 4 heteroatoms. The molecule has 3 nitrogen and oxygen atoms in total. The zero-order valence-electron chi connectivity index (χ0n) is 10.3. The number of benzene rings is 2. The van der Waals surface area contributed by atoms with E-state index in [0.717, 1.165) is 28.4 Å². The highest BCUT2D eigenvalue weighted by Gasteiger charge is 2.06. The van der Waals surface area contributed by atoms with Crippen molar-refractivity contribution in [2.75, 3.05) is 18.2 Å². The third-order valence-corrected chi connectivity index (χ3v) is 3.04. The average molecular weight is 263 g/mol. The van der Waals surface area contributed by atoms with Gasteiger partial charge in [0.1, 0.15) is 5.75 Å². The van der Waals surface area contributed by atoms with Gasteiger partial charge in [-0.25, -0.2) is 0 Å². The number of hydrogen-bond acceptors (Lipinski definition) is 3. The summed E-state index contributed by atoms with van der Waals surface area (Å²) in [5.41, 5.74) is 9.39. The zero-order valence-corrected chi connectivity index (χ0v) is 11.1. The molecule has 18 heavy (non-hydrogen) atoms. The predicted octanol–water partition coefficient (Wildman–Crippen LogP) is 3.98. The van der Waals surface area contributed by atoms with Crippen LogP contribution in [-0.2, 0) is 0 Å². The Kier molecular flexibility index (Phi) is 3.63. The van der Waals surface area contributed by atoms with Crippen LogP contribution in [0.4, 0.5) is 17.1 Å². The first-order chi connectivity index (χ1) is 8.61. The maximum Gasteiger partial charge on any atom is 0.142 e. The molecule has 0 atom stereocenters. The van der Waals surface area contributed by atoms with Crippen molar-refractivity contribution in [1.29, 1.82) is 0 Å². The molecule has 2 aromatic rings. The molecule has 0 aliphatic heterocycles. The van der Waals surface area contributed by atoms with E-state index in [2.05, 4.69) is 5.32 Å². The molecule has 3 N–H and O–H groups in total. The van der Waals surface area contributed by atoms with Gasteiger partial charge in [-0.05, 0) is 42.8 Å². The maximum atomic E-state index is 5.99. The first-order valence-corrected chi connectivity index (χ1v) is 5.95. The van der Waals surface area contributed by atoms with Crippen LogP contribution >= 0.6 is 11.6 Å². The third-order valence-electron chi connectivity index (χ3n) is 2.81. The van der Waals surface area contributed by atoms with Crippen molar-refractivity contribution < 1.29 is 4.74 Å². The monoisotopic (exact) mass is 262 g/mol. The smallest absolute Gasteiger partial charge is 0.142 e. The SMILES string of the molecule is COc1ccc(Cl)cc1Nc1cccc(N)c1C. The molecule has 0 fully saturated rings. The highest BCUT2D eigenvalue weighted by atomic mass is 35.5. The van der Waals surface area contributed by atoms with E-state index in [0.29, 0.717) is 5.02 Å². The van der Waals surface area contributed by atoms with Crippen molar-refractivity contribution in [1.82, 2.24) is 0 Å². The quantitative estimate of drug-likeness (QED) is 0.823. The number of anilines is 3. The Morgan fingerprint density at radius 3 is 2.67 bits per heavy atom. The number of nitrogens with two attached hydrogens (primary N) is 1. The molecule has 0 aliphatic rings. The Bertz CT molecular complexity index is 570. The third kappa shape index (κ3) is 2.51. The summed E-state index contributed by atoms with van der Waals surface area (Å²) in [6.07, 6.45) is 0. The predicted molar refractivity (Wildman–Crippen MR) is 76.9 cm³/mol. The minimum Gasteiger partial charge on any atom is -0.495 e. The van der Waals surface area contributed by atoms with E-state index in [9.17, 15) is 0 Å². The zero-order chi connectivity index (χ0) is 13.1. The first kappa shape index (κ1) is 12.6. The lowest BCUT2D eigenvalue weighted by Crippen LogP contribution is -1.98. The lowest BCUT2D eigenvalue weighted by Gasteiger charge is -2.14. The summed E-state index contributed by atoms with van der Waals surface area (Å²) in [7, 11) is 1.63. The Hall–Kier alpha value is -1.87. The molecular formula is C14H15ClN2O. The molecule has 0 spiro atoms.